The molecule has 13 aromatic rings. The molecule has 0 fully saturated rings. The Hall–Kier alpha value is -8.35. The number of fused-ring (bicyclic) bond motifs is 12. The number of para-hydroxylation sites is 2. The number of benzene rings is 9. The molecule has 4 heterocycles. The lowest BCUT2D eigenvalue weighted by atomic mass is 10.1. The van der Waals surface area contributed by atoms with E-state index in [1.54, 1.807) is 0 Å². The van der Waals surface area contributed by atoms with Crippen LogP contribution in [0, 0.1) is 0 Å². The predicted molar refractivity (Wildman–Crippen MR) is 250 cm³/mol. The van der Waals surface area contributed by atoms with Gasteiger partial charge in [-0.1, -0.05) is 127 Å². The highest BCUT2D eigenvalue weighted by Gasteiger charge is 2.23. The lowest BCUT2D eigenvalue weighted by Gasteiger charge is -2.10. The van der Waals surface area contributed by atoms with Gasteiger partial charge in [0.05, 0.1) is 32.8 Å². The maximum absolute atomic E-state index is 7.19. The zero-order chi connectivity index (χ0) is 40.0. The van der Waals surface area contributed by atoms with Gasteiger partial charge in [-0.2, -0.15) is 0 Å². The van der Waals surface area contributed by atoms with Crippen LogP contribution in [0.25, 0.3) is 122 Å². The number of furan rings is 1. The van der Waals surface area contributed by atoms with Gasteiger partial charge >= 0.3 is 0 Å². The summed E-state index contributed by atoms with van der Waals surface area (Å²) < 4.78 is 11.9. The molecule has 9 aromatic carbocycles. The van der Waals surface area contributed by atoms with Crippen LogP contribution in [0.1, 0.15) is 0 Å². The molecule has 0 aliphatic heterocycles. The summed E-state index contributed by atoms with van der Waals surface area (Å²) in [5, 5.41) is 9.16. The summed E-state index contributed by atoms with van der Waals surface area (Å²) >= 11 is 0. The summed E-state index contributed by atoms with van der Waals surface area (Å²) in [5.74, 6) is 1.90. The fourth-order valence-corrected chi connectivity index (χ4v) is 9.37. The van der Waals surface area contributed by atoms with E-state index >= 15 is 0 Å². The van der Waals surface area contributed by atoms with Gasteiger partial charge in [0, 0.05) is 49.6 Å². The standard InChI is InChI=1S/C55H33N5O/c1-3-14-35(15-4-1)53-56-54(36-16-5-2-6-17-36)58-55(57-53)37-24-26-39(27-25-37)59-45-21-11-9-19-43(45)49-47(59)31-29-41-42-30-32-48-50(52(42)61-51(41)49)44-20-10-12-22-46(44)60(48)40-28-23-34-13-7-8-18-38(34)33-40/h1-33H. The summed E-state index contributed by atoms with van der Waals surface area (Å²) in [5.41, 5.74) is 11.2. The molecule has 284 valence electrons. The Morgan fingerprint density at radius 3 is 1.31 bits per heavy atom. The Labute approximate surface area is 349 Å². The summed E-state index contributed by atoms with van der Waals surface area (Å²) in [6.45, 7) is 0. The highest BCUT2D eigenvalue weighted by Crippen LogP contribution is 2.45. The summed E-state index contributed by atoms with van der Waals surface area (Å²) in [6.07, 6.45) is 0. The van der Waals surface area contributed by atoms with Crippen LogP contribution in [0.5, 0.6) is 0 Å². The molecular weight excluding hydrogens is 747 g/mol. The predicted octanol–water partition coefficient (Wildman–Crippen LogP) is 14.1. The third kappa shape index (κ3) is 5.12. The van der Waals surface area contributed by atoms with E-state index in [0.717, 1.165) is 88.2 Å². The van der Waals surface area contributed by atoms with Gasteiger partial charge in [-0.15, -0.1) is 0 Å². The minimum Gasteiger partial charge on any atom is -0.455 e. The van der Waals surface area contributed by atoms with Crippen LogP contribution < -0.4 is 0 Å². The van der Waals surface area contributed by atoms with E-state index in [1.165, 1.54) is 16.2 Å². The first-order chi connectivity index (χ1) is 30.2. The van der Waals surface area contributed by atoms with Crippen LogP contribution in [0.2, 0.25) is 0 Å². The van der Waals surface area contributed by atoms with Crippen LogP contribution in [0.3, 0.4) is 0 Å². The molecular formula is C55H33N5O. The third-order valence-corrected chi connectivity index (χ3v) is 12.2. The second-order valence-electron chi connectivity index (χ2n) is 15.6. The summed E-state index contributed by atoms with van der Waals surface area (Å²) in [6, 6.07) is 70.2. The Morgan fingerprint density at radius 2 is 0.754 bits per heavy atom. The number of rotatable bonds is 5. The van der Waals surface area contributed by atoms with Crippen molar-refractivity contribution < 1.29 is 4.42 Å². The van der Waals surface area contributed by atoms with Gasteiger partial charge < -0.3 is 13.6 Å². The van der Waals surface area contributed by atoms with Crippen LogP contribution >= 0.6 is 0 Å². The number of hydrogen-bond donors (Lipinski definition) is 0. The normalized spacial score (nSPS) is 11.9. The van der Waals surface area contributed by atoms with Gasteiger partial charge in [-0.25, -0.2) is 15.0 Å². The number of nitrogens with zero attached hydrogens (tertiary/aromatic N) is 5. The molecule has 0 aliphatic carbocycles. The second-order valence-corrected chi connectivity index (χ2v) is 15.6. The first-order valence-electron chi connectivity index (χ1n) is 20.5. The first kappa shape index (κ1) is 33.6. The Morgan fingerprint density at radius 1 is 0.311 bits per heavy atom. The molecule has 0 bridgehead atoms. The maximum atomic E-state index is 7.19. The van der Waals surface area contributed by atoms with Crippen LogP contribution in [-0.2, 0) is 0 Å². The zero-order valence-electron chi connectivity index (χ0n) is 32.7. The smallest absolute Gasteiger partial charge is 0.164 e. The van der Waals surface area contributed by atoms with Crippen molar-refractivity contribution in [2.24, 2.45) is 0 Å². The van der Waals surface area contributed by atoms with Crippen molar-refractivity contribution >= 4 is 76.3 Å². The monoisotopic (exact) mass is 779 g/mol. The fourth-order valence-electron chi connectivity index (χ4n) is 9.37. The van der Waals surface area contributed by atoms with Crippen molar-refractivity contribution in [1.29, 1.82) is 0 Å². The van der Waals surface area contributed by atoms with Crippen molar-refractivity contribution in [3.63, 3.8) is 0 Å². The molecule has 6 nitrogen and oxygen atoms in total. The van der Waals surface area contributed by atoms with Crippen LogP contribution in [0.15, 0.2) is 205 Å². The summed E-state index contributed by atoms with van der Waals surface area (Å²) in [7, 11) is 0. The SMILES string of the molecule is c1ccc(-c2nc(-c3ccccc3)nc(-c3ccc(-n4c5ccccc5c5c6oc7c(ccc8c7c7ccccc7n8-c7ccc8ccccc8c7)c6ccc54)cc3)n2)cc1. The van der Waals surface area contributed by atoms with Gasteiger partial charge in [-0.3, -0.25) is 0 Å². The largest absolute Gasteiger partial charge is 0.455 e. The highest BCUT2D eigenvalue weighted by molar-refractivity contribution is 6.29. The fraction of sp³-hybridized carbons (Fsp3) is 0. The highest BCUT2D eigenvalue weighted by atomic mass is 16.3. The molecule has 0 amide bonds. The molecule has 0 N–H and O–H groups in total. The molecule has 0 atom stereocenters. The summed E-state index contributed by atoms with van der Waals surface area (Å²) in [4.78, 5) is 14.8. The van der Waals surface area contributed by atoms with Crippen molar-refractivity contribution in [3.05, 3.63) is 200 Å². The van der Waals surface area contributed by atoms with Crippen molar-refractivity contribution in [3.8, 4) is 45.5 Å². The minimum atomic E-state index is 0.624. The molecule has 0 spiro atoms. The Balaban J connectivity index is 0.987. The lowest BCUT2D eigenvalue weighted by molar-refractivity contribution is 0.677. The topological polar surface area (TPSA) is 61.7 Å². The van der Waals surface area contributed by atoms with Crippen molar-refractivity contribution in [2.75, 3.05) is 0 Å². The van der Waals surface area contributed by atoms with Crippen molar-refractivity contribution in [2.45, 2.75) is 0 Å². The van der Waals surface area contributed by atoms with E-state index in [1.807, 2.05) is 60.7 Å². The minimum absolute atomic E-state index is 0.624. The zero-order valence-corrected chi connectivity index (χ0v) is 32.7. The van der Waals surface area contributed by atoms with E-state index < -0.39 is 0 Å². The molecule has 0 unspecified atom stereocenters. The van der Waals surface area contributed by atoms with Gasteiger partial charge in [-0.05, 0) is 83.6 Å². The van der Waals surface area contributed by atoms with Crippen LogP contribution in [-0.4, -0.2) is 24.1 Å². The number of hydrogen-bond acceptors (Lipinski definition) is 4. The molecule has 0 radical (unpaired) electrons. The van der Waals surface area contributed by atoms with E-state index in [4.69, 9.17) is 19.4 Å². The molecule has 0 saturated carbocycles. The third-order valence-electron chi connectivity index (χ3n) is 12.2. The van der Waals surface area contributed by atoms with Crippen molar-refractivity contribution in [1.82, 2.24) is 24.1 Å². The molecule has 0 aliphatic rings. The first-order valence-corrected chi connectivity index (χ1v) is 20.5. The van der Waals surface area contributed by atoms with Gasteiger partial charge in [0.2, 0.25) is 0 Å². The van der Waals surface area contributed by atoms with E-state index in [2.05, 4.69) is 149 Å². The Bertz CT molecular complexity index is 3800. The van der Waals surface area contributed by atoms with E-state index in [9.17, 15) is 0 Å². The van der Waals surface area contributed by atoms with E-state index in [0.29, 0.717) is 17.5 Å². The number of aromatic nitrogens is 5. The average molecular weight is 780 g/mol. The lowest BCUT2D eigenvalue weighted by Crippen LogP contribution is -2.00. The molecule has 61 heavy (non-hydrogen) atoms. The quantitative estimate of drug-likeness (QED) is 0.175. The molecule has 13 rings (SSSR count). The Kier molecular flexibility index (Phi) is 7.21. The molecule has 6 heteroatoms. The van der Waals surface area contributed by atoms with Crippen LogP contribution in [0.4, 0.5) is 0 Å². The van der Waals surface area contributed by atoms with E-state index in [-0.39, 0.29) is 0 Å². The molecule has 0 saturated heterocycles. The maximum Gasteiger partial charge on any atom is 0.164 e. The van der Waals surface area contributed by atoms with Gasteiger partial charge in [0.15, 0.2) is 17.5 Å². The second kappa shape index (κ2) is 13.1. The van der Waals surface area contributed by atoms with Gasteiger partial charge in [0.1, 0.15) is 11.2 Å². The van der Waals surface area contributed by atoms with Gasteiger partial charge in [0.25, 0.3) is 0 Å². The molecule has 4 aromatic heterocycles. The average Bonchev–Trinajstić information content (AvgIpc) is 4.00.